The highest BCUT2D eigenvalue weighted by atomic mass is 35.5. The van der Waals surface area contributed by atoms with E-state index in [9.17, 15) is 0 Å². The van der Waals surface area contributed by atoms with Gasteiger partial charge in [-0.1, -0.05) is 44.0 Å². The number of hydrogen-bond donors (Lipinski definition) is 0. The van der Waals surface area contributed by atoms with Crippen LogP contribution in [0.5, 0.6) is 5.75 Å². The van der Waals surface area contributed by atoms with Crippen molar-refractivity contribution in [2.24, 2.45) is 11.8 Å². The van der Waals surface area contributed by atoms with Crippen LogP contribution < -0.4 is 4.74 Å². The summed E-state index contributed by atoms with van der Waals surface area (Å²) in [5, 5.41) is 0.980. The number of nitrogens with zero attached hydrogens (tertiary/aromatic N) is 2. The molecule has 0 saturated carbocycles. The van der Waals surface area contributed by atoms with Gasteiger partial charge in [0.1, 0.15) is 5.15 Å². The quantitative estimate of drug-likeness (QED) is 0.651. The summed E-state index contributed by atoms with van der Waals surface area (Å²) in [6.45, 7) is 7.23. The van der Waals surface area contributed by atoms with Crippen LogP contribution in [0.4, 0.5) is 0 Å². The van der Waals surface area contributed by atoms with E-state index < -0.39 is 0 Å². The van der Waals surface area contributed by atoms with E-state index in [1.165, 1.54) is 0 Å². The fourth-order valence-corrected chi connectivity index (χ4v) is 2.73. The Kier molecular flexibility index (Phi) is 6.04. The molecule has 2 aromatic rings. The van der Waals surface area contributed by atoms with E-state index in [2.05, 4.69) is 30.7 Å². The van der Waals surface area contributed by atoms with Gasteiger partial charge in [-0.3, -0.25) is 4.98 Å². The SMILES string of the molecule is CC(C)CC(C)COc1cnc(-c2ccnc(Cl)c2)cc1Cl. The van der Waals surface area contributed by atoms with Gasteiger partial charge in [0.05, 0.1) is 23.5 Å². The van der Waals surface area contributed by atoms with E-state index in [1.54, 1.807) is 24.5 Å². The molecule has 5 heteroatoms. The summed E-state index contributed by atoms with van der Waals surface area (Å²) in [5.74, 6) is 1.75. The van der Waals surface area contributed by atoms with Gasteiger partial charge in [0.25, 0.3) is 0 Å². The van der Waals surface area contributed by atoms with Crippen molar-refractivity contribution in [1.29, 1.82) is 0 Å². The number of pyridine rings is 2. The van der Waals surface area contributed by atoms with Gasteiger partial charge >= 0.3 is 0 Å². The van der Waals surface area contributed by atoms with Crippen molar-refractivity contribution in [2.75, 3.05) is 6.61 Å². The molecule has 0 aromatic carbocycles. The Hall–Kier alpha value is -1.32. The normalized spacial score (nSPS) is 12.5. The zero-order valence-corrected chi connectivity index (χ0v) is 14.5. The van der Waals surface area contributed by atoms with Gasteiger partial charge in [0.2, 0.25) is 0 Å². The Morgan fingerprint density at radius 1 is 1.14 bits per heavy atom. The molecule has 0 saturated heterocycles. The van der Waals surface area contributed by atoms with Crippen LogP contribution >= 0.6 is 23.2 Å². The van der Waals surface area contributed by atoms with Crippen LogP contribution in [-0.2, 0) is 0 Å². The van der Waals surface area contributed by atoms with E-state index in [-0.39, 0.29) is 0 Å². The standard InChI is InChI=1S/C17H20Cl2N2O/c1-11(2)6-12(3)10-22-16-9-21-15(8-14(16)18)13-4-5-20-17(19)7-13/h4-5,7-9,11-12H,6,10H2,1-3H3. The predicted octanol–water partition coefficient (Wildman–Crippen LogP) is 5.51. The Balaban J connectivity index is 2.07. The lowest BCUT2D eigenvalue weighted by Crippen LogP contribution is -2.11. The predicted molar refractivity (Wildman–Crippen MR) is 91.6 cm³/mol. The van der Waals surface area contributed by atoms with Gasteiger partial charge in [0.15, 0.2) is 5.75 Å². The molecular formula is C17H20Cl2N2O. The molecular weight excluding hydrogens is 319 g/mol. The highest BCUT2D eigenvalue weighted by Crippen LogP contribution is 2.29. The summed E-state index contributed by atoms with van der Waals surface area (Å²) in [6.07, 6.45) is 4.43. The molecule has 2 heterocycles. The van der Waals surface area contributed by atoms with Crippen molar-refractivity contribution in [3.63, 3.8) is 0 Å². The third-order valence-corrected chi connectivity index (χ3v) is 3.74. The fraction of sp³-hybridized carbons (Fsp3) is 0.412. The van der Waals surface area contributed by atoms with Gasteiger partial charge in [-0.2, -0.15) is 0 Å². The first-order chi connectivity index (χ1) is 10.5. The smallest absolute Gasteiger partial charge is 0.156 e. The van der Waals surface area contributed by atoms with Gasteiger partial charge in [-0.15, -0.1) is 0 Å². The lowest BCUT2D eigenvalue weighted by Gasteiger charge is -2.15. The molecule has 0 bridgehead atoms. The van der Waals surface area contributed by atoms with Crippen LogP contribution in [0.2, 0.25) is 10.2 Å². The van der Waals surface area contributed by atoms with Crippen LogP contribution in [0.25, 0.3) is 11.3 Å². The van der Waals surface area contributed by atoms with Crippen LogP contribution in [0.3, 0.4) is 0 Å². The second kappa shape index (κ2) is 7.80. The molecule has 3 nitrogen and oxygen atoms in total. The van der Waals surface area contributed by atoms with Gasteiger partial charge < -0.3 is 4.74 Å². The Morgan fingerprint density at radius 3 is 2.55 bits per heavy atom. The zero-order chi connectivity index (χ0) is 16.1. The van der Waals surface area contributed by atoms with Gasteiger partial charge in [-0.25, -0.2) is 4.98 Å². The molecule has 2 rings (SSSR count). The molecule has 0 aliphatic carbocycles. The van der Waals surface area contributed by atoms with E-state index in [4.69, 9.17) is 27.9 Å². The summed E-state index contributed by atoms with van der Waals surface area (Å²) in [7, 11) is 0. The van der Waals surface area contributed by atoms with E-state index >= 15 is 0 Å². The second-order valence-corrected chi connectivity index (χ2v) is 6.71. The maximum atomic E-state index is 6.29. The first kappa shape index (κ1) is 17.0. The molecule has 0 aliphatic heterocycles. The number of ether oxygens (including phenoxy) is 1. The number of halogens is 2. The Bertz CT molecular complexity index is 632. The second-order valence-electron chi connectivity index (χ2n) is 5.91. The van der Waals surface area contributed by atoms with Crippen molar-refractivity contribution in [3.05, 3.63) is 40.8 Å². The van der Waals surface area contributed by atoms with Crippen LogP contribution in [0, 0.1) is 11.8 Å². The maximum absolute atomic E-state index is 6.29. The molecule has 0 spiro atoms. The summed E-state index contributed by atoms with van der Waals surface area (Å²) in [4.78, 5) is 8.35. The molecule has 0 aliphatic rings. The van der Waals surface area contributed by atoms with E-state index in [1.807, 2.05) is 6.07 Å². The third kappa shape index (κ3) is 4.85. The van der Waals surface area contributed by atoms with E-state index in [0.29, 0.717) is 34.4 Å². The minimum Gasteiger partial charge on any atom is -0.490 e. The summed E-state index contributed by atoms with van der Waals surface area (Å²) >= 11 is 12.2. The van der Waals surface area contributed by atoms with Crippen molar-refractivity contribution >= 4 is 23.2 Å². The highest BCUT2D eigenvalue weighted by Gasteiger charge is 2.10. The molecule has 2 aromatic heterocycles. The Morgan fingerprint density at radius 2 is 1.91 bits per heavy atom. The molecule has 0 amide bonds. The van der Waals surface area contributed by atoms with Crippen LogP contribution in [-0.4, -0.2) is 16.6 Å². The monoisotopic (exact) mass is 338 g/mol. The van der Waals surface area contributed by atoms with Crippen LogP contribution in [0.15, 0.2) is 30.6 Å². The minimum atomic E-state index is 0.429. The average molecular weight is 339 g/mol. The molecule has 0 radical (unpaired) electrons. The third-order valence-electron chi connectivity index (χ3n) is 3.24. The first-order valence-electron chi connectivity index (χ1n) is 7.36. The zero-order valence-electron chi connectivity index (χ0n) is 13.0. The lowest BCUT2D eigenvalue weighted by molar-refractivity contribution is 0.238. The molecule has 1 atom stereocenters. The molecule has 1 unspecified atom stereocenters. The highest BCUT2D eigenvalue weighted by molar-refractivity contribution is 6.32. The largest absolute Gasteiger partial charge is 0.490 e. The van der Waals surface area contributed by atoms with Crippen molar-refractivity contribution < 1.29 is 4.74 Å². The summed E-state index contributed by atoms with van der Waals surface area (Å²) < 4.78 is 5.78. The van der Waals surface area contributed by atoms with Crippen molar-refractivity contribution in [2.45, 2.75) is 27.2 Å². The number of aromatic nitrogens is 2. The van der Waals surface area contributed by atoms with Crippen molar-refractivity contribution in [3.8, 4) is 17.0 Å². The fourth-order valence-electron chi connectivity index (χ4n) is 2.35. The maximum Gasteiger partial charge on any atom is 0.156 e. The average Bonchev–Trinajstić information content (AvgIpc) is 2.45. The Labute approximate surface area is 141 Å². The number of rotatable bonds is 6. The van der Waals surface area contributed by atoms with Gasteiger partial charge in [0, 0.05) is 11.8 Å². The molecule has 0 fully saturated rings. The molecule has 22 heavy (non-hydrogen) atoms. The summed E-state index contributed by atoms with van der Waals surface area (Å²) in [6, 6.07) is 5.39. The summed E-state index contributed by atoms with van der Waals surface area (Å²) in [5.41, 5.74) is 1.62. The minimum absolute atomic E-state index is 0.429. The molecule has 0 N–H and O–H groups in total. The van der Waals surface area contributed by atoms with Gasteiger partial charge in [-0.05, 0) is 36.5 Å². The van der Waals surface area contributed by atoms with E-state index in [0.717, 1.165) is 17.7 Å². The number of hydrogen-bond acceptors (Lipinski definition) is 3. The van der Waals surface area contributed by atoms with Crippen molar-refractivity contribution in [1.82, 2.24) is 9.97 Å². The first-order valence-corrected chi connectivity index (χ1v) is 8.11. The topological polar surface area (TPSA) is 35.0 Å². The van der Waals surface area contributed by atoms with Crippen LogP contribution in [0.1, 0.15) is 27.2 Å². The molecule has 118 valence electrons. The lowest BCUT2D eigenvalue weighted by atomic mass is 10.00.